The predicted molar refractivity (Wildman–Crippen MR) is 78.6 cm³/mol. The van der Waals surface area contributed by atoms with Gasteiger partial charge >= 0.3 is 0 Å². The van der Waals surface area contributed by atoms with Crippen LogP contribution < -0.4 is 10.6 Å². The first-order valence-corrected chi connectivity index (χ1v) is 6.75. The predicted octanol–water partition coefficient (Wildman–Crippen LogP) is 4.21. The molecule has 7 heteroatoms. The van der Waals surface area contributed by atoms with Gasteiger partial charge in [0.15, 0.2) is 0 Å². The van der Waals surface area contributed by atoms with Crippen molar-refractivity contribution in [1.82, 2.24) is 9.97 Å². The van der Waals surface area contributed by atoms with Gasteiger partial charge in [0, 0.05) is 12.2 Å². The van der Waals surface area contributed by atoms with Crippen LogP contribution in [0.3, 0.4) is 0 Å². The number of halogens is 3. The van der Waals surface area contributed by atoms with Crippen LogP contribution in [0.2, 0.25) is 5.02 Å². The summed E-state index contributed by atoms with van der Waals surface area (Å²) in [5.41, 5.74) is 0.647. The van der Waals surface area contributed by atoms with E-state index in [0.29, 0.717) is 21.8 Å². The Kier molecular flexibility index (Phi) is 4.55. The van der Waals surface area contributed by atoms with Crippen molar-refractivity contribution in [2.24, 2.45) is 0 Å². The van der Waals surface area contributed by atoms with Crippen molar-refractivity contribution in [3.8, 4) is 0 Å². The lowest BCUT2D eigenvalue weighted by atomic mass is 10.3. The first-order valence-electron chi connectivity index (χ1n) is 5.58. The third-order valence-corrected chi connectivity index (χ3v) is 3.36. The van der Waals surface area contributed by atoms with E-state index in [1.54, 1.807) is 6.07 Å². The number of nitrogens with zero attached hydrogens (tertiary/aromatic N) is 2. The fourth-order valence-corrected chi connectivity index (χ4v) is 2.08. The molecule has 0 radical (unpaired) electrons. The Morgan fingerprint density at radius 3 is 2.74 bits per heavy atom. The summed E-state index contributed by atoms with van der Waals surface area (Å²) < 4.78 is 13.8. The smallest absolute Gasteiger partial charge is 0.150 e. The molecule has 0 aliphatic heterocycles. The van der Waals surface area contributed by atoms with Crippen molar-refractivity contribution in [2.45, 2.75) is 6.92 Å². The van der Waals surface area contributed by atoms with E-state index >= 15 is 0 Å². The zero-order chi connectivity index (χ0) is 13.8. The molecule has 100 valence electrons. The molecule has 0 aliphatic rings. The summed E-state index contributed by atoms with van der Waals surface area (Å²) in [6.45, 7) is 2.72. The van der Waals surface area contributed by atoms with Crippen molar-refractivity contribution in [3.63, 3.8) is 0 Å². The molecule has 0 amide bonds. The van der Waals surface area contributed by atoms with E-state index in [1.165, 1.54) is 18.5 Å². The number of benzene rings is 1. The third-order valence-electron chi connectivity index (χ3n) is 2.32. The van der Waals surface area contributed by atoms with Gasteiger partial charge in [0.2, 0.25) is 0 Å². The second-order valence-electron chi connectivity index (χ2n) is 3.67. The van der Waals surface area contributed by atoms with Gasteiger partial charge in [0.1, 0.15) is 28.3 Å². The Labute approximate surface area is 123 Å². The van der Waals surface area contributed by atoms with Gasteiger partial charge in [-0.15, -0.1) is 0 Å². The lowest BCUT2D eigenvalue weighted by Gasteiger charge is -2.11. The lowest BCUT2D eigenvalue weighted by molar-refractivity contribution is 0.628. The van der Waals surface area contributed by atoms with Crippen LogP contribution >= 0.6 is 27.5 Å². The van der Waals surface area contributed by atoms with Crippen LogP contribution in [0.1, 0.15) is 6.92 Å². The molecule has 0 unspecified atom stereocenters. The normalized spacial score (nSPS) is 10.3. The van der Waals surface area contributed by atoms with Crippen LogP contribution in [0.5, 0.6) is 0 Å². The molecule has 1 aromatic heterocycles. The van der Waals surface area contributed by atoms with Crippen LogP contribution in [0.15, 0.2) is 29.0 Å². The number of rotatable bonds is 4. The van der Waals surface area contributed by atoms with Gasteiger partial charge in [-0.05, 0) is 41.1 Å². The molecule has 0 bridgehead atoms. The lowest BCUT2D eigenvalue weighted by Crippen LogP contribution is -2.03. The highest BCUT2D eigenvalue weighted by Crippen LogP contribution is 2.29. The SMILES string of the molecule is CCNc1ncnc(Nc2ccc(F)c(Cl)c2)c1Br. The van der Waals surface area contributed by atoms with Crippen LogP contribution in [0, 0.1) is 5.82 Å². The molecule has 0 aliphatic carbocycles. The maximum Gasteiger partial charge on any atom is 0.150 e. The van der Waals surface area contributed by atoms with Crippen molar-refractivity contribution in [2.75, 3.05) is 17.2 Å². The van der Waals surface area contributed by atoms with Crippen molar-refractivity contribution >= 4 is 44.9 Å². The van der Waals surface area contributed by atoms with E-state index in [4.69, 9.17) is 11.6 Å². The molecule has 0 saturated heterocycles. The summed E-state index contributed by atoms with van der Waals surface area (Å²) in [4.78, 5) is 8.23. The molecule has 4 nitrogen and oxygen atoms in total. The van der Waals surface area contributed by atoms with Crippen molar-refractivity contribution in [3.05, 3.63) is 39.8 Å². The molecular weight excluding hydrogens is 335 g/mol. The van der Waals surface area contributed by atoms with Gasteiger partial charge in [-0.1, -0.05) is 11.6 Å². The first kappa shape index (κ1) is 14.0. The van der Waals surface area contributed by atoms with Gasteiger partial charge in [-0.2, -0.15) is 0 Å². The summed E-state index contributed by atoms with van der Waals surface area (Å²) in [7, 11) is 0. The molecule has 2 rings (SSSR count). The minimum Gasteiger partial charge on any atom is -0.369 e. The first-order chi connectivity index (χ1) is 9.11. The van der Waals surface area contributed by atoms with Gasteiger partial charge < -0.3 is 10.6 Å². The zero-order valence-electron chi connectivity index (χ0n) is 10.0. The Morgan fingerprint density at radius 1 is 1.32 bits per heavy atom. The average Bonchev–Trinajstić information content (AvgIpc) is 2.39. The Balaban J connectivity index is 2.27. The molecule has 2 aromatic rings. The Bertz CT molecular complexity index is 594. The summed E-state index contributed by atoms with van der Waals surface area (Å²) >= 11 is 9.14. The number of aromatic nitrogens is 2. The van der Waals surface area contributed by atoms with Crippen LogP contribution in [-0.2, 0) is 0 Å². The molecule has 0 saturated carbocycles. The van der Waals surface area contributed by atoms with Crippen LogP contribution in [0.25, 0.3) is 0 Å². The largest absolute Gasteiger partial charge is 0.369 e. The molecule has 2 N–H and O–H groups in total. The fraction of sp³-hybridized carbons (Fsp3) is 0.167. The van der Waals surface area contributed by atoms with E-state index in [1.807, 2.05) is 6.92 Å². The summed E-state index contributed by atoms with van der Waals surface area (Å²) in [6, 6.07) is 4.38. The zero-order valence-corrected chi connectivity index (χ0v) is 12.4. The van der Waals surface area contributed by atoms with E-state index in [-0.39, 0.29) is 5.02 Å². The summed E-state index contributed by atoms with van der Waals surface area (Å²) in [5, 5.41) is 6.21. The fourth-order valence-electron chi connectivity index (χ4n) is 1.46. The number of hydrogen-bond donors (Lipinski definition) is 2. The van der Waals surface area contributed by atoms with Crippen LogP contribution in [-0.4, -0.2) is 16.5 Å². The van der Waals surface area contributed by atoms with Crippen molar-refractivity contribution in [1.29, 1.82) is 0 Å². The number of anilines is 3. The molecule has 19 heavy (non-hydrogen) atoms. The van der Waals surface area contributed by atoms with E-state index in [0.717, 1.165) is 6.54 Å². The average molecular weight is 346 g/mol. The number of nitrogens with one attached hydrogen (secondary N) is 2. The highest BCUT2D eigenvalue weighted by Gasteiger charge is 2.09. The van der Waals surface area contributed by atoms with Gasteiger partial charge in [-0.3, -0.25) is 0 Å². The maximum absolute atomic E-state index is 13.1. The van der Waals surface area contributed by atoms with Crippen LogP contribution in [0.4, 0.5) is 21.7 Å². The van der Waals surface area contributed by atoms with Gasteiger partial charge in [0.05, 0.1) is 5.02 Å². The molecule has 0 fully saturated rings. The van der Waals surface area contributed by atoms with Gasteiger partial charge in [0.25, 0.3) is 0 Å². The highest BCUT2D eigenvalue weighted by molar-refractivity contribution is 9.10. The van der Waals surface area contributed by atoms with E-state index in [2.05, 4.69) is 36.5 Å². The quantitative estimate of drug-likeness (QED) is 0.871. The molecule has 1 heterocycles. The Hall–Kier alpha value is -1.40. The maximum atomic E-state index is 13.1. The Morgan fingerprint density at radius 2 is 2.05 bits per heavy atom. The second kappa shape index (κ2) is 6.16. The van der Waals surface area contributed by atoms with Crippen molar-refractivity contribution < 1.29 is 4.39 Å². The molecule has 0 atom stereocenters. The van der Waals surface area contributed by atoms with E-state index in [9.17, 15) is 4.39 Å². The minimum absolute atomic E-state index is 0.0575. The summed E-state index contributed by atoms with van der Waals surface area (Å²) in [5.74, 6) is 0.809. The minimum atomic E-state index is -0.456. The topological polar surface area (TPSA) is 49.8 Å². The molecule has 1 aromatic carbocycles. The third kappa shape index (κ3) is 3.33. The van der Waals surface area contributed by atoms with E-state index < -0.39 is 5.82 Å². The van der Waals surface area contributed by atoms with Gasteiger partial charge in [-0.25, -0.2) is 14.4 Å². The molecular formula is C12H11BrClFN4. The standard InChI is InChI=1S/C12H11BrClFN4/c1-2-16-11-10(13)12(18-6-17-11)19-7-3-4-9(15)8(14)5-7/h3-6H,2H2,1H3,(H2,16,17,18,19). The second-order valence-corrected chi connectivity index (χ2v) is 4.87. The monoisotopic (exact) mass is 344 g/mol. The molecule has 0 spiro atoms. The summed E-state index contributed by atoms with van der Waals surface area (Å²) in [6.07, 6.45) is 1.44. The number of hydrogen-bond acceptors (Lipinski definition) is 4. The highest BCUT2D eigenvalue weighted by atomic mass is 79.9.